The molecule has 1 N–H and O–H groups in total. The number of imidazole rings is 1. The summed E-state index contributed by atoms with van der Waals surface area (Å²) in [4.78, 5) is 4.21. The van der Waals surface area contributed by atoms with Crippen LogP contribution in [0.25, 0.3) is 0 Å². The van der Waals surface area contributed by atoms with E-state index in [2.05, 4.69) is 21.8 Å². The number of aryl methyl sites for hydroxylation is 1. The highest BCUT2D eigenvalue weighted by atomic mass is 16.7. The molecule has 112 valence electrons. The number of fused-ring (bicyclic) bond motifs is 1. The number of rotatable bonds is 5. The summed E-state index contributed by atoms with van der Waals surface area (Å²) in [5.41, 5.74) is 2.19. The molecule has 1 aromatic carbocycles. The van der Waals surface area contributed by atoms with Crippen molar-refractivity contribution in [1.82, 2.24) is 9.55 Å². The molecule has 0 saturated carbocycles. The molecular weight excluding hydrogens is 266 g/mol. The molecule has 0 saturated heterocycles. The van der Waals surface area contributed by atoms with Crippen molar-refractivity contribution >= 4 is 5.69 Å². The zero-order valence-electron chi connectivity index (χ0n) is 12.7. The number of anilines is 1. The number of nitrogens with one attached hydrogen (secondary N) is 1. The lowest BCUT2D eigenvalue weighted by atomic mass is 10.2. The second-order valence-electron chi connectivity index (χ2n) is 5.70. The highest BCUT2D eigenvalue weighted by Crippen LogP contribution is 2.40. The Balaban J connectivity index is 1.68. The lowest BCUT2D eigenvalue weighted by Gasteiger charge is -2.16. The minimum atomic E-state index is -0.583. The van der Waals surface area contributed by atoms with Gasteiger partial charge in [0, 0.05) is 38.3 Å². The van der Waals surface area contributed by atoms with Crippen LogP contribution in [0, 0.1) is 0 Å². The average Bonchev–Trinajstić information content (AvgIpc) is 2.98. The van der Waals surface area contributed by atoms with Crippen molar-refractivity contribution in [3.05, 3.63) is 36.4 Å². The molecule has 2 heterocycles. The van der Waals surface area contributed by atoms with Gasteiger partial charge in [-0.05, 0) is 18.6 Å². The van der Waals surface area contributed by atoms with Crippen molar-refractivity contribution in [2.45, 2.75) is 46.1 Å². The van der Waals surface area contributed by atoms with E-state index in [-0.39, 0.29) is 0 Å². The molecular formula is C16H21N3O2. The van der Waals surface area contributed by atoms with Gasteiger partial charge in [0.05, 0.1) is 18.6 Å². The Morgan fingerprint density at radius 3 is 2.86 bits per heavy atom. The predicted octanol–water partition coefficient (Wildman–Crippen LogP) is 3.41. The topological polar surface area (TPSA) is 48.3 Å². The monoisotopic (exact) mass is 287 g/mol. The third kappa shape index (κ3) is 2.96. The zero-order valence-corrected chi connectivity index (χ0v) is 12.7. The van der Waals surface area contributed by atoms with E-state index in [4.69, 9.17) is 9.47 Å². The fourth-order valence-corrected chi connectivity index (χ4v) is 2.46. The summed E-state index contributed by atoms with van der Waals surface area (Å²) < 4.78 is 13.6. The maximum Gasteiger partial charge on any atom is 0.246 e. The van der Waals surface area contributed by atoms with Crippen molar-refractivity contribution in [2.24, 2.45) is 0 Å². The molecule has 0 bridgehead atoms. The van der Waals surface area contributed by atoms with Crippen LogP contribution in [0.4, 0.5) is 5.69 Å². The van der Waals surface area contributed by atoms with Crippen LogP contribution in [-0.2, 0) is 13.1 Å². The molecule has 0 radical (unpaired) electrons. The number of hydrogen-bond donors (Lipinski definition) is 1. The fourth-order valence-electron chi connectivity index (χ4n) is 2.46. The van der Waals surface area contributed by atoms with E-state index in [0.29, 0.717) is 0 Å². The third-order valence-electron chi connectivity index (χ3n) is 3.39. The number of ether oxygens (including phenoxy) is 2. The lowest BCUT2D eigenvalue weighted by molar-refractivity contribution is -0.0431. The molecule has 0 spiro atoms. The van der Waals surface area contributed by atoms with E-state index in [1.165, 1.54) is 5.69 Å². The lowest BCUT2D eigenvalue weighted by Crippen LogP contribution is -2.29. The van der Waals surface area contributed by atoms with Gasteiger partial charge in [-0.1, -0.05) is 6.92 Å². The van der Waals surface area contributed by atoms with Crippen molar-refractivity contribution in [1.29, 1.82) is 0 Å². The van der Waals surface area contributed by atoms with Gasteiger partial charge in [0.25, 0.3) is 0 Å². The molecule has 0 fully saturated rings. The average molecular weight is 287 g/mol. The van der Waals surface area contributed by atoms with Gasteiger partial charge in [0.2, 0.25) is 5.79 Å². The maximum absolute atomic E-state index is 5.75. The normalized spacial score (nSPS) is 15.2. The van der Waals surface area contributed by atoms with Gasteiger partial charge in [0.1, 0.15) is 0 Å². The van der Waals surface area contributed by atoms with Crippen LogP contribution in [0.1, 0.15) is 32.9 Å². The number of aromatic nitrogens is 2. The van der Waals surface area contributed by atoms with Crippen molar-refractivity contribution in [3.63, 3.8) is 0 Å². The summed E-state index contributed by atoms with van der Waals surface area (Å²) in [7, 11) is 0. The van der Waals surface area contributed by atoms with Crippen molar-refractivity contribution in [3.8, 4) is 11.5 Å². The van der Waals surface area contributed by atoms with Crippen LogP contribution in [-0.4, -0.2) is 15.3 Å². The summed E-state index contributed by atoms with van der Waals surface area (Å²) in [5.74, 6) is 0.995. The molecule has 5 heteroatoms. The van der Waals surface area contributed by atoms with Crippen LogP contribution < -0.4 is 14.8 Å². The van der Waals surface area contributed by atoms with Gasteiger partial charge in [-0.25, -0.2) is 4.98 Å². The molecule has 1 aliphatic rings. The fraction of sp³-hybridized carbons (Fsp3) is 0.438. The molecule has 0 unspecified atom stereocenters. The van der Waals surface area contributed by atoms with Crippen LogP contribution in [0.5, 0.6) is 11.5 Å². The minimum Gasteiger partial charge on any atom is -0.449 e. The van der Waals surface area contributed by atoms with Gasteiger partial charge in [0.15, 0.2) is 11.5 Å². The van der Waals surface area contributed by atoms with Gasteiger partial charge >= 0.3 is 0 Å². The minimum absolute atomic E-state index is 0.583. The van der Waals surface area contributed by atoms with Gasteiger partial charge < -0.3 is 19.4 Å². The first kappa shape index (κ1) is 13.8. The third-order valence-corrected chi connectivity index (χ3v) is 3.39. The van der Waals surface area contributed by atoms with Gasteiger partial charge in [-0.15, -0.1) is 0 Å². The predicted molar refractivity (Wildman–Crippen MR) is 81.6 cm³/mol. The summed E-state index contributed by atoms with van der Waals surface area (Å²) >= 11 is 0. The largest absolute Gasteiger partial charge is 0.449 e. The molecule has 5 nitrogen and oxygen atoms in total. The van der Waals surface area contributed by atoms with Crippen LogP contribution in [0.15, 0.2) is 30.7 Å². The highest BCUT2D eigenvalue weighted by molar-refractivity contribution is 5.56. The van der Waals surface area contributed by atoms with E-state index < -0.39 is 5.79 Å². The first-order valence-electron chi connectivity index (χ1n) is 7.32. The second kappa shape index (κ2) is 5.31. The smallest absolute Gasteiger partial charge is 0.246 e. The van der Waals surface area contributed by atoms with E-state index >= 15 is 0 Å². The van der Waals surface area contributed by atoms with E-state index in [1.807, 2.05) is 44.6 Å². The first-order valence-corrected chi connectivity index (χ1v) is 7.32. The summed E-state index contributed by atoms with van der Waals surface area (Å²) in [6.45, 7) is 7.71. The Morgan fingerprint density at radius 1 is 1.24 bits per heavy atom. The molecule has 3 rings (SSSR count). The summed E-state index contributed by atoms with van der Waals surface area (Å²) in [6, 6.07) is 5.92. The van der Waals surface area contributed by atoms with Gasteiger partial charge in [-0.3, -0.25) is 0 Å². The molecule has 0 aliphatic carbocycles. The van der Waals surface area contributed by atoms with Crippen molar-refractivity contribution in [2.75, 3.05) is 5.32 Å². The van der Waals surface area contributed by atoms with Crippen LogP contribution in [0.3, 0.4) is 0 Å². The Morgan fingerprint density at radius 2 is 2.05 bits per heavy atom. The number of nitrogens with zero attached hydrogens (tertiary/aromatic N) is 2. The Kier molecular flexibility index (Phi) is 3.49. The Hall–Kier alpha value is -2.17. The Labute approximate surface area is 124 Å². The zero-order chi connectivity index (χ0) is 14.9. The van der Waals surface area contributed by atoms with Crippen LogP contribution in [0.2, 0.25) is 0 Å². The summed E-state index contributed by atoms with van der Waals surface area (Å²) in [6.07, 6.45) is 4.88. The first-order chi connectivity index (χ1) is 10.1. The molecule has 2 aromatic rings. The van der Waals surface area contributed by atoms with E-state index in [9.17, 15) is 0 Å². The number of benzene rings is 1. The second-order valence-corrected chi connectivity index (χ2v) is 5.70. The van der Waals surface area contributed by atoms with Crippen LogP contribution >= 0.6 is 0 Å². The summed E-state index contributed by atoms with van der Waals surface area (Å²) in [5, 5.41) is 3.41. The standard InChI is InChI=1S/C16H21N3O2/c1-4-7-19-11-17-9-13(19)10-18-12-5-6-14-15(8-12)21-16(2,3)20-14/h5-6,8-9,11,18H,4,7,10H2,1-3H3. The number of hydrogen-bond acceptors (Lipinski definition) is 4. The maximum atomic E-state index is 5.75. The van der Waals surface area contributed by atoms with Gasteiger partial charge in [-0.2, -0.15) is 0 Å². The molecule has 0 amide bonds. The molecule has 0 atom stereocenters. The van der Waals surface area contributed by atoms with E-state index in [1.54, 1.807) is 0 Å². The molecule has 1 aliphatic heterocycles. The highest BCUT2D eigenvalue weighted by Gasteiger charge is 2.31. The molecule has 21 heavy (non-hydrogen) atoms. The molecule has 1 aromatic heterocycles. The van der Waals surface area contributed by atoms with E-state index in [0.717, 1.165) is 36.7 Å². The SMILES string of the molecule is CCCn1cncc1CNc1ccc2c(c1)OC(C)(C)O2. The van der Waals surface area contributed by atoms with Crippen molar-refractivity contribution < 1.29 is 9.47 Å². The quantitative estimate of drug-likeness (QED) is 0.915. The Bertz CT molecular complexity index is 634.